The third-order valence-electron chi connectivity index (χ3n) is 5.82. The fourth-order valence-corrected chi connectivity index (χ4v) is 4.22. The molecule has 31 heavy (non-hydrogen) atoms. The second-order valence-corrected chi connectivity index (χ2v) is 7.93. The quantitative estimate of drug-likeness (QED) is 0.335. The lowest BCUT2D eigenvalue weighted by atomic mass is 10.0. The second-order valence-electron chi connectivity index (χ2n) is 7.93. The van der Waals surface area contributed by atoms with Crippen LogP contribution in [0.5, 0.6) is 5.75 Å². The molecule has 1 saturated carbocycles. The molecule has 5 heteroatoms. The van der Waals surface area contributed by atoms with Crippen LogP contribution in [-0.2, 0) is 25.7 Å². The Morgan fingerprint density at radius 2 is 1.52 bits per heavy atom. The van der Waals surface area contributed by atoms with Crippen LogP contribution in [0.25, 0.3) is 16.8 Å². The van der Waals surface area contributed by atoms with E-state index in [0.29, 0.717) is 30.8 Å². The molecule has 2 fully saturated rings. The lowest BCUT2D eigenvalue weighted by Gasteiger charge is -2.33. The number of rotatable bonds is 4. The Kier molecular flexibility index (Phi) is 4.94. The van der Waals surface area contributed by atoms with E-state index >= 15 is 0 Å². The number of hydrogen-bond donors (Lipinski definition) is 0. The monoisotopic (exact) mass is 414 g/mol. The minimum atomic E-state index is -1.09. The highest BCUT2D eigenvalue weighted by Crippen LogP contribution is 2.39. The average molecular weight is 414 g/mol. The van der Waals surface area contributed by atoms with E-state index < -0.39 is 17.7 Å². The zero-order chi connectivity index (χ0) is 21.3. The van der Waals surface area contributed by atoms with E-state index in [1.807, 2.05) is 66.7 Å². The van der Waals surface area contributed by atoms with Crippen LogP contribution in [0.2, 0.25) is 0 Å². The minimum absolute atomic E-state index is 0.113. The molecule has 5 nitrogen and oxygen atoms in total. The van der Waals surface area contributed by atoms with Crippen LogP contribution >= 0.6 is 0 Å². The molecule has 0 radical (unpaired) electrons. The predicted octanol–water partition coefficient (Wildman–Crippen LogP) is 5.17. The second kappa shape index (κ2) is 7.91. The van der Waals surface area contributed by atoms with Crippen molar-refractivity contribution in [3.05, 3.63) is 83.4 Å². The molecule has 0 N–H and O–H groups in total. The van der Waals surface area contributed by atoms with E-state index in [1.54, 1.807) is 0 Å². The van der Waals surface area contributed by atoms with Crippen molar-refractivity contribution in [3.8, 4) is 5.75 Å². The lowest BCUT2D eigenvalue weighted by molar-refractivity contribution is -0.232. The molecule has 0 aromatic heterocycles. The first-order valence-corrected chi connectivity index (χ1v) is 10.5. The molecule has 3 aromatic rings. The number of esters is 2. The van der Waals surface area contributed by atoms with Crippen molar-refractivity contribution in [1.29, 1.82) is 0 Å². The van der Waals surface area contributed by atoms with Gasteiger partial charge >= 0.3 is 11.9 Å². The standard InChI is InChI=1S/C26H22O5/c27-24-22(25(28)31-26(30-24)14-6-7-15-26)16-21-20-11-5-4-10-19(20)12-13-23(21)29-17-18-8-2-1-3-9-18/h1-5,8-13,16H,6-7,14-15,17H2. The van der Waals surface area contributed by atoms with E-state index in [9.17, 15) is 9.59 Å². The van der Waals surface area contributed by atoms with E-state index in [4.69, 9.17) is 14.2 Å². The molecule has 3 aromatic carbocycles. The first-order chi connectivity index (χ1) is 15.1. The van der Waals surface area contributed by atoms with E-state index in [-0.39, 0.29) is 5.57 Å². The maximum Gasteiger partial charge on any atom is 0.348 e. The van der Waals surface area contributed by atoms with Gasteiger partial charge in [0.25, 0.3) is 5.79 Å². The van der Waals surface area contributed by atoms with Crippen molar-refractivity contribution in [2.75, 3.05) is 0 Å². The first-order valence-electron chi connectivity index (χ1n) is 10.5. The number of benzene rings is 3. The summed E-state index contributed by atoms with van der Waals surface area (Å²) in [5.74, 6) is -1.78. The van der Waals surface area contributed by atoms with Crippen LogP contribution in [0.15, 0.2) is 72.3 Å². The van der Waals surface area contributed by atoms with Gasteiger partial charge in [0.15, 0.2) is 0 Å². The zero-order valence-electron chi connectivity index (χ0n) is 17.0. The van der Waals surface area contributed by atoms with Gasteiger partial charge in [0.1, 0.15) is 17.9 Å². The molecular formula is C26H22O5. The Bertz CT molecular complexity index is 1150. The largest absolute Gasteiger partial charge is 0.488 e. The van der Waals surface area contributed by atoms with Gasteiger partial charge in [-0.05, 0) is 41.3 Å². The number of carbonyl (C=O) groups is 2. The first kappa shape index (κ1) is 19.4. The smallest absolute Gasteiger partial charge is 0.348 e. The Morgan fingerprint density at radius 1 is 0.839 bits per heavy atom. The van der Waals surface area contributed by atoms with Crippen LogP contribution in [0.4, 0.5) is 0 Å². The van der Waals surface area contributed by atoms with Gasteiger partial charge in [-0.25, -0.2) is 9.59 Å². The zero-order valence-corrected chi connectivity index (χ0v) is 17.0. The minimum Gasteiger partial charge on any atom is -0.488 e. The molecule has 1 heterocycles. The summed E-state index contributed by atoms with van der Waals surface area (Å²) in [6, 6.07) is 21.4. The Balaban J connectivity index is 1.53. The maximum atomic E-state index is 12.8. The molecule has 1 aliphatic carbocycles. The summed E-state index contributed by atoms with van der Waals surface area (Å²) in [7, 11) is 0. The summed E-state index contributed by atoms with van der Waals surface area (Å²) in [6.07, 6.45) is 4.39. The van der Waals surface area contributed by atoms with Gasteiger partial charge in [0, 0.05) is 18.4 Å². The molecule has 0 atom stereocenters. The molecule has 0 bridgehead atoms. The molecule has 2 aliphatic rings. The van der Waals surface area contributed by atoms with Crippen LogP contribution in [-0.4, -0.2) is 17.7 Å². The molecule has 0 unspecified atom stereocenters. The molecule has 0 amide bonds. The molecular weight excluding hydrogens is 392 g/mol. The number of fused-ring (bicyclic) bond motifs is 1. The summed E-state index contributed by atoms with van der Waals surface area (Å²) in [4.78, 5) is 25.5. The number of hydrogen-bond acceptors (Lipinski definition) is 5. The van der Waals surface area contributed by atoms with Crippen molar-refractivity contribution in [1.82, 2.24) is 0 Å². The Labute approximate surface area is 180 Å². The van der Waals surface area contributed by atoms with Crippen LogP contribution in [0.3, 0.4) is 0 Å². The van der Waals surface area contributed by atoms with Gasteiger partial charge in [-0.2, -0.15) is 0 Å². The number of ether oxygens (including phenoxy) is 3. The van der Waals surface area contributed by atoms with Gasteiger partial charge in [0.2, 0.25) is 0 Å². The normalized spacial score (nSPS) is 17.5. The fraction of sp³-hybridized carbons (Fsp3) is 0.231. The Hall–Kier alpha value is -3.60. The van der Waals surface area contributed by atoms with Gasteiger partial charge in [0.05, 0.1) is 0 Å². The summed E-state index contributed by atoms with van der Waals surface area (Å²) < 4.78 is 17.2. The van der Waals surface area contributed by atoms with Gasteiger partial charge in [-0.1, -0.05) is 60.7 Å². The molecule has 1 aliphatic heterocycles. The summed E-state index contributed by atoms with van der Waals surface area (Å²) >= 11 is 0. The molecule has 156 valence electrons. The maximum absolute atomic E-state index is 12.8. The molecule has 1 saturated heterocycles. The van der Waals surface area contributed by atoms with Gasteiger partial charge in [-0.3, -0.25) is 0 Å². The van der Waals surface area contributed by atoms with Gasteiger partial charge in [-0.15, -0.1) is 0 Å². The van der Waals surface area contributed by atoms with E-state index in [0.717, 1.165) is 29.2 Å². The highest BCUT2D eigenvalue weighted by atomic mass is 16.7. The summed E-state index contributed by atoms with van der Waals surface area (Å²) in [6.45, 7) is 0.368. The van der Waals surface area contributed by atoms with Crippen LogP contribution in [0, 0.1) is 0 Å². The average Bonchev–Trinajstić information content (AvgIpc) is 3.23. The SMILES string of the molecule is O=C1OC2(CCCC2)OC(=O)C1=Cc1c(OCc2ccccc2)ccc2ccccc12. The Morgan fingerprint density at radius 3 is 2.26 bits per heavy atom. The number of carbonyl (C=O) groups excluding carboxylic acids is 2. The lowest BCUT2D eigenvalue weighted by Crippen LogP contribution is -2.44. The highest BCUT2D eigenvalue weighted by Gasteiger charge is 2.48. The van der Waals surface area contributed by atoms with Crippen molar-refractivity contribution in [2.24, 2.45) is 0 Å². The van der Waals surface area contributed by atoms with Crippen molar-refractivity contribution >= 4 is 28.8 Å². The van der Waals surface area contributed by atoms with Gasteiger partial charge < -0.3 is 14.2 Å². The van der Waals surface area contributed by atoms with E-state index in [1.165, 1.54) is 6.08 Å². The van der Waals surface area contributed by atoms with E-state index in [2.05, 4.69) is 0 Å². The fourth-order valence-electron chi connectivity index (χ4n) is 4.22. The summed E-state index contributed by atoms with van der Waals surface area (Å²) in [5, 5.41) is 1.86. The third kappa shape index (κ3) is 3.79. The van der Waals surface area contributed by atoms with Crippen molar-refractivity contribution in [3.63, 3.8) is 0 Å². The topological polar surface area (TPSA) is 61.8 Å². The molecule has 5 rings (SSSR count). The van der Waals surface area contributed by atoms with Crippen LogP contribution < -0.4 is 4.74 Å². The highest BCUT2D eigenvalue weighted by molar-refractivity contribution is 6.20. The predicted molar refractivity (Wildman–Crippen MR) is 116 cm³/mol. The van der Waals surface area contributed by atoms with Crippen LogP contribution in [0.1, 0.15) is 36.8 Å². The summed E-state index contributed by atoms with van der Waals surface area (Å²) in [5.41, 5.74) is 1.56. The molecule has 1 spiro atoms. The van der Waals surface area contributed by atoms with Crippen molar-refractivity contribution in [2.45, 2.75) is 38.1 Å². The third-order valence-corrected chi connectivity index (χ3v) is 5.82. The van der Waals surface area contributed by atoms with Crippen molar-refractivity contribution < 1.29 is 23.8 Å².